The SMILES string of the molecule is Cc1nc(-c2ccccn2)nc(NCc2cccc(CN3CCOCC3)c2)c1C. The van der Waals surface area contributed by atoms with Crippen molar-refractivity contribution in [2.75, 3.05) is 31.6 Å². The summed E-state index contributed by atoms with van der Waals surface area (Å²) in [6.07, 6.45) is 1.76. The zero-order valence-corrected chi connectivity index (χ0v) is 17.1. The highest BCUT2D eigenvalue weighted by Gasteiger charge is 2.12. The fraction of sp³-hybridized carbons (Fsp3) is 0.348. The monoisotopic (exact) mass is 389 g/mol. The molecule has 0 saturated carbocycles. The second-order valence-electron chi connectivity index (χ2n) is 7.38. The van der Waals surface area contributed by atoms with Crippen LogP contribution in [0.1, 0.15) is 22.4 Å². The average Bonchev–Trinajstić information content (AvgIpc) is 2.76. The van der Waals surface area contributed by atoms with Crippen LogP contribution in [-0.2, 0) is 17.8 Å². The highest BCUT2D eigenvalue weighted by molar-refractivity contribution is 5.56. The van der Waals surface area contributed by atoms with E-state index in [9.17, 15) is 0 Å². The summed E-state index contributed by atoms with van der Waals surface area (Å²) in [4.78, 5) is 16.2. The molecule has 3 aromatic rings. The second kappa shape index (κ2) is 9.11. The third-order valence-electron chi connectivity index (χ3n) is 5.24. The Labute approximate surface area is 172 Å². The minimum atomic E-state index is 0.650. The van der Waals surface area contributed by atoms with Crippen molar-refractivity contribution in [2.45, 2.75) is 26.9 Å². The molecule has 3 heterocycles. The van der Waals surface area contributed by atoms with Gasteiger partial charge in [0.25, 0.3) is 0 Å². The van der Waals surface area contributed by atoms with E-state index in [2.05, 4.69) is 51.4 Å². The maximum absolute atomic E-state index is 5.44. The van der Waals surface area contributed by atoms with Gasteiger partial charge in [0, 0.05) is 43.6 Å². The van der Waals surface area contributed by atoms with Gasteiger partial charge in [-0.1, -0.05) is 30.3 Å². The Morgan fingerprint density at radius 1 is 1.00 bits per heavy atom. The number of nitrogens with one attached hydrogen (secondary N) is 1. The lowest BCUT2D eigenvalue weighted by molar-refractivity contribution is 0.0342. The number of nitrogens with zero attached hydrogens (tertiary/aromatic N) is 4. The van der Waals surface area contributed by atoms with Gasteiger partial charge in [-0.05, 0) is 37.1 Å². The summed E-state index contributed by atoms with van der Waals surface area (Å²) in [5.41, 5.74) is 5.38. The lowest BCUT2D eigenvalue weighted by Crippen LogP contribution is -2.35. The number of morpholine rings is 1. The van der Waals surface area contributed by atoms with Crippen LogP contribution >= 0.6 is 0 Å². The van der Waals surface area contributed by atoms with Gasteiger partial charge in [0.15, 0.2) is 5.82 Å². The topological polar surface area (TPSA) is 63.2 Å². The molecular formula is C23H27N5O. The Bertz CT molecular complexity index is 955. The van der Waals surface area contributed by atoms with Crippen LogP contribution in [0.15, 0.2) is 48.7 Å². The Morgan fingerprint density at radius 2 is 1.83 bits per heavy atom. The molecule has 1 fully saturated rings. The Balaban J connectivity index is 1.47. The smallest absolute Gasteiger partial charge is 0.180 e. The maximum Gasteiger partial charge on any atom is 0.180 e. The van der Waals surface area contributed by atoms with Crippen LogP contribution in [0.2, 0.25) is 0 Å². The van der Waals surface area contributed by atoms with E-state index < -0.39 is 0 Å². The van der Waals surface area contributed by atoms with E-state index in [4.69, 9.17) is 9.72 Å². The number of aryl methyl sites for hydroxylation is 1. The Kier molecular flexibility index (Phi) is 6.12. The van der Waals surface area contributed by atoms with Gasteiger partial charge in [0.05, 0.1) is 13.2 Å². The molecule has 0 atom stereocenters. The molecule has 29 heavy (non-hydrogen) atoms. The van der Waals surface area contributed by atoms with Crippen molar-refractivity contribution in [3.63, 3.8) is 0 Å². The van der Waals surface area contributed by atoms with Crippen molar-refractivity contribution in [3.05, 3.63) is 71.0 Å². The summed E-state index contributed by atoms with van der Waals surface area (Å²) in [6, 6.07) is 14.5. The summed E-state index contributed by atoms with van der Waals surface area (Å²) >= 11 is 0. The van der Waals surface area contributed by atoms with Gasteiger partial charge in [-0.2, -0.15) is 0 Å². The van der Waals surface area contributed by atoms with E-state index in [0.717, 1.165) is 62.2 Å². The number of benzene rings is 1. The number of aromatic nitrogens is 3. The molecule has 1 aliphatic heterocycles. The summed E-state index contributed by atoms with van der Waals surface area (Å²) in [7, 11) is 0. The Morgan fingerprint density at radius 3 is 2.62 bits per heavy atom. The third kappa shape index (κ3) is 4.96. The molecule has 0 radical (unpaired) electrons. The van der Waals surface area contributed by atoms with E-state index in [1.54, 1.807) is 6.20 Å². The summed E-state index contributed by atoms with van der Waals surface area (Å²) in [5, 5.41) is 3.50. The lowest BCUT2D eigenvalue weighted by atomic mass is 10.1. The van der Waals surface area contributed by atoms with Crippen LogP contribution in [0.4, 0.5) is 5.82 Å². The van der Waals surface area contributed by atoms with Crippen LogP contribution in [-0.4, -0.2) is 46.2 Å². The van der Waals surface area contributed by atoms with Crippen LogP contribution in [0, 0.1) is 13.8 Å². The predicted octanol–water partition coefficient (Wildman–Crippen LogP) is 3.60. The van der Waals surface area contributed by atoms with Crippen LogP contribution in [0.3, 0.4) is 0 Å². The fourth-order valence-corrected chi connectivity index (χ4v) is 3.45. The maximum atomic E-state index is 5.44. The molecule has 4 rings (SSSR count). The van der Waals surface area contributed by atoms with Crippen molar-refractivity contribution in [3.8, 4) is 11.5 Å². The van der Waals surface area contributed by atoms with Crippen LogP contribution in [0.5, 0.6) is 0 Å². The summed E-state index contributed by atoms with van der Waals surface area (Å²) < 4.78 is 5.44. The minimum Gasteiger partial charge on any atom is -0.379 e. The quantitative estimate of drug-likeness (QED) is 0.695. The third-order valence-corrected chi connectivity index (χ3v) is 5.24. The first-order valence-corrected chi connectivity index (χ1v) is 10.1. The molecule has 1 N–H and O–H groups in total. The van der Waals surface area contributed by atoms with Gasteiger partial charge in [-0.25, -0.2) is 9.97 Å². The molecular weight excluding hydrogens is 362 g/mol. The average molecular weight is 390 g/mol. The van der Waals surface area contributed by atoms with Crippen molar-refractivity contribution in [1.82, 2.24) is 19.9 Å². The largest absolute Gasteiger partial charge is 0.379 e. The van der Waals surface area contributed by atoms with Gasteiger partial charge in [0.1, 0.15) is 11.5 Å². The number of hydrogen-bond acceptors (Lipinski definition) is 6. The molecule has 2 aromatic heterocycles. The first kappa shape index (κ1) is 19.5. The molecule has 150 valence electrons. The van der Waals surface area contributed by atoms with Crippen molar-refractivity contribution >= 4 is 5.82 Å². The predicted molar refractivity (Wildman–Crippen MR) is 115 cm³/mol. The van der Waals surface area contributed by atoms with Gasteiger partial charge < -0.3 is 10.1 Å². The summed E-state index contributed by atoms with van der Waals surface area (Å²) in [5.74, 6) is 1.51. The molecule has 1 saturated heterocycles. The van der Waals surface area contributed by atoms with E-state index in [1.807, 2.05) is 25.1 Å². The van der Waals surface area contributed by atoms with Gasteiger partial charge in [0.2, 0.25) is 0 Å². The summed E-state index contributed by atoms with van der Waals surface area (Å²) in [6.45, 7) is 9.39. The number of pyridine rings is 1. The number of hydrogen-bond donors (Lipinski definition) is 1. The fourth-order valence-electron chi connectivity index (χ4n) is 3.45. The molecule has 0 bridgehead atoms. The Hall–Kier alpha value is -2.83. The van der Waals surface area contributed by atoms with E-state index in [1.165, 1.54) is 11.1 Å². The van der Waals surface area contributed by atoms with Gasteiger partial charge in [-0.3, -0.25) is 9.88 Å². The highest BCUT2D eigenvalue weighted by Crippen LogP contribution is 2.21. The zero-order valence-electron chi connectivity index (χ0n) is 17.1. The molecule has 6 heteroatoms. The molecule has 0 amide bonds. The minimum absolute atomic E-state index is 0.650. The molecule has 0 spiro atoms. The van der Waals surface area contributed by atoms with Gasteiger partial charge in [-0.15, -0.1) is 0 Å². The molecule has 6 nitrogen and oxygen atoms in total. The zero-order chi connectivity index (χ0) is 20.1. The lowest BCUT2D eigenvalue weighted by Gasteiger charge is -2.26. The second-order valence-corrected chi connectivity index (χ2v) is 7.38. The van der Waals surface area contributed by atoms with Gasteiger partial charge >= 0.3 is 0 Å². The van der Waals surface area contributed by atoms with Crippen molar-refractivity contribution in [2.24, 2.45) is 0 Å². The highest BCUT2D eigenvalue weighted by atomic mass is 16.5. The first-order chi connectivity index (χ1) is 14.2. The van der Waals surface area contributed by atoms with Crippen molar-refractivity contribution < 1.29 is 4.74 Å². The van der Waals surface area contributed by atoms with E-state index in [0.29, 0.717) is 5.82 Å². The first-order valence-electron chi connectivity index (χ1n) is 10.1. The van der Waals surface area contributed by atoms with E-state index >= 15 is 0 Å². The van der Waals surface area contributed by atoms with Crippen LogP contribution < -0.4 is 5.32 Å². The number of anilines is 1. The molecule has 0 aliphatic carbocycles. The van der Waals surface area contributed by atoms with Crippen LogP contribution in [0.25, 0.3) is 11.5 Å². The normalized spacial score (nSPS) is 14.7. The number of rotatable bonds is 6. The molecule has 0 unspecified atom stereocenters. The molecule has 1 aliphatic rings. The van der Waals surface area contributed by atoms with E-state index in [-0.39, 0.29) is 0 Å². The molecule has 1 aromatic carbocycles. The number of ether oxygens (including phenoxy) is 1. The standard InChI is InChI=1S/C23H27N5O/c1-17-18(2)26-23(21-8-3-4-9-24-21)27-22(17)25-15-19-6-5-7-20(14-19)16-28-10-12-29-13-11-28/h3-9,14H,10-13,15-16H2,1-2H3,(H,25,26,27). The van der Waals surface area contributed by atoms with Crippen molar-refractivity contribution in [1.29, 1.82) is 0 Å².